The van der Waals surface area contributed by atoms with E-state index in [0.29, 0.717) is 18.8 Å². The molecule has 1 atom stereocenters. The zero-order chi connectivity index (χ0) is 18.4. The van der Waals surface area contributed by atoms with Crippen LogP contribution in [0.2, 0.25) is 0 Å². The standard InChI is InChI=1S/C21H25NO3S/c1-3-18(17-9-10-19-20(13-17)25-12-11-24-19)22-21(23)16-7-5-15(6-8-16)14-26-4-2/h5-10,13,18H,3-4,11-12,14H2,1-2H3,(H,22,23). The molecular formula is C21H25NO3S. The van der Waals surface area contributed by atoms with Gasteiger partial charge in [0, 0.05) is 11.3 Å². The minimum absolute atomic E-state index is 0.0542. The average Bonchev–Trinajstić information content (AvgIpc) is 2.70. The second-order valence-corrected chi connectivity index (χ2v) is 7.45. The van der Waals surface area contributed by atoms with Gasteiger partial charge in [0.1, 0.15) is 13.2 Å². The Morgan fingerprint density at radius 3 is 2.50 bits per heavy atom. The second kappa shape index (κ2) is 8.99. The van der Waals surface area contributed by atoms with E-state index in [9.17, 15) is 4.79 Å². The second-order valence-electron chi connectivity index (χ2n) is 6.17. The van der Waals surface area contributed by atoms with Crippen molar-refractivity contribution in [3.63, 3.8) is 0 Å². The summed E-state index contributed by atoms with van der Waals surface area (Å²) in [7, 11) is 0. The summed E-state index contributed by atoms with van der Waals surface area (Å²) in [5.41, 5.74) is 2.96. The van der Waals surface area contributed by atoms with E-state index in [1.807, 2.05) is 54.2 Å². The maximum atomic E-state index is 12.6. The van der Waals surface area contributed by atoms with Gasteiger partial charge in [0.25, 0.3) is 5.91 Å². The maximum absolute atomic E-state index is 12.6. The van der Waals surface area contributed by atoms with Crippen molar-refractivity contribution in [2.45, 2.75) is 32.1 Å². The van der Waals surface area contributed by atoms with Crippen molar-refractivity contribution in [2.24, 2.45) is 0 Å². The van der Waals surface area contributed by atoms with Gasteiger partial charge in [-0.3, -0.25) is 4.79 Å². The highest BCUT2D eigenvalue weighted by atomic mass is 32.2. The van der Waals surface area contributed by atoms with Crippen LogP contribution in [-0.4, -0.2) is 24.9 Å². The van der Waals surface area contributed by atoms with Crippen molar-refractivity contribution >= 4 is 17.7 Å². The molecule has 0 aromatic heterocycles. The number of nitrogens with one attached hydrogen (secondary N) is 1. The Hall–Kier alpha value is -2.14. The molecule has 0 spiro atoms. The van der Waals surface area contributed by atoms with Crippen molar-refractivity contribution in [2.75, 3.05) is 19.0 Å². The zero-order valence-corrected chi connectivity index (χ0v) is 16.1. The largest absolute Gasteiger partial charge is 0.486 e. The molecule has 1 unspecified atom stereocenters. The fourth-order valence-electron chi connectivity index (χ4n) is 2.91. The SMILES string of the molecule is CCSCc1ccc(C(=O)NC(CC)c2ccc3c(c2)OCCO3)cc1. The topological polar surface area (TPSA) is 47.6 Å². The lowest BCUT2D eigenvalue weighted by molar-refractivity contribution is 0.0935. The number of hydrogen-bond acceptors (Lipinski definition) is 4. The molecule has 0 fully saturated rings. The summed E-state index contributed by atoms with van der Waals surface area (Å²) in [6.45, 7) is 5.34. The lowest BCUT2D eigenvalue weighted by Gasteiger charge is -2.22. The van der Waals surface area contributed by atoms with E-state index in [0.717, 1.165) is 35.0 Å². The first-order valence-electron chi connectivity index (χ1n) is 9.08. The molecule has 0 aliphatic carbocycles. The van der Waals surface area contributed by atoms with Gasteiger partial charge in [0.15, 0.2) is 11.5 Å². The van der Waals surface area contributed by atoms with Crippen molar-refractivity contribution in [1.29, 1.82) is 0 Å². The number of hydrogen-bond donors (Lipinski definition) is 1. The Bertz CT molecular complexity index is 745. The molecule has 138 valence electrons. The summed E-state index contributed by atoms with van der Waals surface area (Å²) in [4.78, 5) is 12.6. The third kappa shape index (κ3) is 4.52. The van der Waals surface area contributed by atoms with Crippen LogP contribution in [0.25, 0.3) is 0 Å². The average molecular weight is 372 g/mol. The van der Waals surface area contributed by atoms with Gasteiger partial charge in [-0.25, -0.2) is 0 Å². The number of amides is 1. The van der Waals surface area contributed by atoms with E-state index >= 15 is 0 Å². The zero-order valence-electron chi connectivity index (χ0n) is 15.3. The van der Waals surface area contributed by atoms with Gasteiger partial charge >= 0.3 is 0 Å². The molecule has 0 saturated heterocycles. The van der Waals surface area contributed by atoms with Crippen LogP contribution in [0.5, 0.6) is 11.5 Å². The van der Waals surface area contributed by atoms with E-state index < -0.39 is 0 Å². The van der Waals surface area contributed by atoms with Gasteiger partial charge < -0.3 is 14.8 Å². The molecule has 3 rings (SSSR count). The lowest BCUT2D eigenvalue weighted by atomic mass is 10.0. The summed E-state index contributed by atoms with van der Waals surface area (Å²) < 4.78 is 11.2. The smallest absolute Gasteiger partial charge is 0.251 e. The number of carbonyl (C=O) groups is 1. The number of benzene rings is 2. The Labute approximate surface area is 159 Å². The van der Waals surface area contributed by atoms with Crippen LogP contribution in [0.15, 0.2) is 42.5 Å². The van der Waals surface area contributed by atoms with E-state index in [2.05, 4.69) is 19.2 Å². The summed E-state index contributed by atoms with van der Waals surface area (Å²) in [5, 5.41) is 3.13. The molecule has 2 aromatic rings. The fourth-order valence-corrected chi connectivity index (χ4v) is 3.54. The molecular weight excluding hydrogens is 346 g/mol. The van der Waals surface area contributed by atoms with Crippen LogP contribution in [0.3, 0.4) is 0 Å². The summed E-state index contributed by atoms with van der Waals surface area (Å²) >= 11 is 1.88. The van der Waals surface area contributed by atoms with Crippen molar-refractivity contribution < 1.29 is 14.3 Å². The van der Waals surface area contributed by atoms with E-state index in [1.54, 1.807) is 0 Å². The molecule has 1 heterocycles. The quantitative estimate of drug-likeness (QED) is 0.773. The molecule has 1 amide bonds. The van der Waals surface area contributed by atoms with Gasteiger partial charge in [0.05, 0.1) is 6.04 Å². The van der Waals surface area contributed by atoms with Crippen LogP contribution in [0.1, 0.15) is 47.8 Å². The molecule has 0 bridgehead atoms. The molecule has 1 aliphatic heterocycles. The van der Waals surface area contributed by atoms with Crippen LogP contribution in [0.4, 0.5) is 0 Å². The van der Waals surface area contributed by atoms with Gasteiger partial charge in [-0.05, 0) is 47.6 Å². The minimum Gasteiger partial charge on any atom is -0.486 e. The Morgan fingerprint density at radius 1 is 1.08 bits per heavy atom. The predicted octanol–water partition coefficient (Wildman–Crippen LogP) is 4.59. The number of rotatable bonds is 7. The van der Waals surface area contributed by atoms with E-state index in [4.69, 9.17) is 9.47 Å². The Balaban J connectivity index is 1.68. The summed E-state index contributed by atoms with van der Waals surface area (Å²) in [6.07, 6.45) is 0.802. The lowest BCUT2D eigenvalue weighted by Crippen LogP contribution is -2.28. The molecule has 5 heteroatoms. The first kappa shape index (κ1) is 18.6. The number of fused-ring (bicyclic) bond motifs is 1. The number of thioether (sulfide) groups is 1. The van der Waals surface area contributed by atoms with Gasteiger partial charge in [-0.1, -0.05) is 32.0 Å². The molecule has 2 aromatic carbocycles. The molecule has 1 aliphatic rings. The van der Waals surface area contributed by atoms with Crippen molar-refractivity contribution in [3.8, 4) is 11.5 Å². The Kier molecular flexibility index (Phi) is 6.45. The normalized spacial score (nSPS) is 13.9. The maximum Gasteiger partial charge on any atom is 0.251 e. The van der Waals surface area contributed by atoms with Crippen molar-refractivity contribution in [3.05, 3.63) is 59.2 Å². The molecule has 0 radical (unpaired) electrons. The first-order valence-corrected chi connectivity index (χ1v) is 10.2. The van der Waals surface area contributed by atoms with Gasteiger partial charge in [-0.15, -0.1) is 0 Å². The van der Waals surface area contributed by atoms with E-state index in [-0.39, 0.29) is 11.9 Å². The van der Waals surface area contributed by atoms with Gasteiger partial charge in [0.2, 0.25) is 0 Å². The van der Waals surface area contributed by atoms with Crippen LogP contribution in [0, 0.1) is 0 Å². The molecule has 26 heavy (non-hydrogen) atoms. The summed E-state index contributed by atoms with van der Waals surface area (Å²) in [5.74, 6) is 3.53. The van der Waals surface area contributed by atoms with Gasteiger partial charge in [-0.2, -0.15) is 11.8 Å². The van der Waals surface area contributed by atoms with Crippen LogP contribution >= 0.6 is 11.8 Å². The third-order valence-corrected chi connectivity index (χ3v) is 5.32. The van der Waals surface area contributed by atoms with E-state index in [1.165, 1.54) is 5.56 Å². The molecule has 4 nitrogen and oxygen atoms in total. The Morgan fingerprint density at radius 2 is 1.81 bits per heavy atom. The first-order chi connectivity index (χ1) is 12.7. The molecule has 1 N–H and O–H groups in total. The highest BCUT2D eigenvalue weighted by molar-refractivity contribution is 7.98. The third-order valence-electron chi connectivity index (χ3n) is 4.37. The highest BCUT2D eigenvalue weighted by Gasteiger charge is 2.18. The monoisotopic (exact) mass is 371 g/mol. The highest BCUT2D eigenvalue weighted by Crippen LogP contribution is 2.33. The van der Waals surface area contributed by atoms with Crippen LogP contribution in [-0.2, 0) is 5.75 Å². The van der Waals surface area contributed by atoms with Crippen molar-refractivity contribution in [1.82, 2.24) is 5.32 Å². The number of ether oxygens (including phenoxy) is 2. The molecule has 0 saturated carbocycles. The number of carbonyl (C=O) groups excluding carboxylic acids is 1. The predicted molar refractivity (Wildman–Crippen MR) is 106 cm³/mol. The van der Waals surface area contributed by atoms with Crippen LogP contribution < -0.4 is 14.8 Å². The summed E-state index contributed by atoms with van der Waals surface area (Å²) in [6, 6.07) is 13.7. The minimum atomic E-state index is -0.0614. The fraction of sp³-hybridized carbons (Fsp3) is 0.381.